The Hall–Kier alpha value is -4.39. The van der Waals surface area contributed by atoms with Crippen LogP contribution in [0.4, 0.5) is 5.69 Å². The number of nitro groups is 1. The van der Waals surface area contributed by atoms with Gasteiger partial charge in [0.2, 0.25) is 0 Å². The van der Waals surface area contributed by atoms with E-state index in [9.17, 15) is 14.9 Å². The van der Waals surface area contributed by atoms with Crippen LogP contribution in [0.1, 0.15) is 27.2 Å². The van der Waals surface area contributed by atoms with E-state index < -0.39 is 4.92 Å². The summed E-state index contributed by atoms with van der Waals surface area (Å²) in [6, 6.07) is 27.4. The molecule has 1 amide bonds. The lowest BCUT2D eigenvalue weighted by Crippen LogP contribution is -2.31. The molecular weight excluding hydrogens is 430 g/mol. The van der Waals surface area contributed by atoms with Gasteiger partial charge in [0.05, 0.1) is 18.6 Å². The van der Waals surface area contributed by atoms with Crippen molar-refractivity contribution in [1.29, 1.82) is 0 Å². The second-order valence-corrected chi connectivity index (χ2v) is 7.93. The van der Waals surface area contributed by atoms with Gasteiger partial charge in [-0.3, -0.25) is 14.9 Å². The second-order valence-electron chi connectivity index (χ2n) is 7.93. The molecule has 1 heterocycles. The largest absolute Gasteiger partial charge is 0.497 e. The molecule has 0 atom stereocenters. The first-order valence-corrected chi connectivity index (χ1v) is 10.9. The summed E-state index contributed by atoms with van der Waals surface area (Å²) in [5.74, 6) is 0.527. The lowest BCUT2D eigenvalue weighted by molar-refractivity contribution is -0.384. The van der Waals surface area contributed by atoms with Crippen molar-refractivity contribution in [3.05, 3.63) is 130 Å². The number of carbonyl (C=O) groups is 1. The van der Waals surface area contributed by atoms with Crippen molar-refractivity contribution in [3.8, 4) is 5.75 Å². The van der Waals surface area contributed by atoms with Crippen LogP contribution in [0.25, 0.3) is 0 Å². The minimum atomic E-state index is -0.488. The van der Waals surface area contributed by atoms with Crippen molar-refractivity contribution in [2.45, 2.75) is 19.6 Å². The molecule has 0 N–H and O–H groups in total. The predicted octanol–water partition coefficient (Wildman–Crippen LogP) is 5.30. The third-order valence-electron chi connectivity index (χ3n) is 5.57. The fourth-order valence-corrected chi connectivity index (χ4v) is 3.85. The summed E-state index contributed by atoms with van der Waals surface area (Å²) < 4.78 is 7.42. The lowest BCUT2D eigenvalue weighted by atomic mass is 10.1. The van der Waals surface area contributed by atoms with Crippen LogP contribution in [0.5, 0.6) is 5.75 Å². The van der Waals surface area contributed by atoms with Crippen molar-refractivity contribution in [2.75, 3.05) is 7.11 Å². The average molecular weight is 456 g/mol. The minimum Gasteiger partial charge on any atom is -0.497 e. The summed E-state index contributed by atoms with van der Waals surface area (Å²) in [6.45, 7) is 1.36. The number of non-ortho nitro benzene ring substituents is 1. The van der Waals surface area contributed by atoms with Gasteiger partial charge in [0.25, 0.3) is 11.6 Å². The molecule has 3 aromatic carbocycles. The molecule has 7 heteroatoms. The van der Waals surface area contributed by atoms with Gasteiger partial charge in [0, 0.05) is 42.7 Å². The summed E-state index contributed by atoms with van der Waals surface area (Å²) >= 11 is 0. The Morgan fingerprint density at radius 3 is 2.44 bits per heavy atom. The predicted molar refractivity (Wildman–Crippen MR) is 130 cm³/mol. The third-order valence-corrected chi connectivity index (χ3v) is 5.57. The van der Waals surface area contributed by atoms with Gasteiger partial charge in [0.1, 0.15) is 5.75 Å². The highest BCUT2D eigenvalue weighted by Crippen LogP contribution is 2.20. The van der Waals surface area contributed by atoms with E-state index in [2.05, 4.69) is 4.57 Å². The Morgan fingerprint density at radius 1 is 0.912 bits per heavy atom. The Morgan fingerprint density at radius 2 is 1.68 bits per heavy atom. The molecule has 0 bridgehead atoms. The van der Waals surface area contributed by atoms with E-state index in [-0.39, 0.29) is 17.2 Å². The Kier molecular flexibility index (Phi) is 7.03. The molecule has 34 heavy (non-hydrogen) atoms. The van der Waals surface area contributed by atoms with Crippen molar-refractivity contribution in [2.24, 2.45) is 0 Å². The number of amides is 1. The summed E-state index contributed by atoms with van der Waals surface area (Å²) in [7, 11) is 1.64. The normalized spacial score (nSPS) is 10.6. The Bertz CT molecular complexity index is 1280. The molecule has 0 saturated heterocycles. The number of rotatable bonds is 9. The van der Waals surface area contributed by atoms with Gasteiger partial charge < -0.3 is 14.2 Å². The lowest BCUT2D eigenvalue weighted by Gasteiger charge is -2.24. The van der Waals surface area contributed by atoms with Gasteiger partial charge in [-0.15, -0.1) is 0 Å². The maximum Gasteiger partial charge on any atom is 0.270 e. The number of hydrogen-bond donors (Lipinski definition) is 0. The van der Waals surface area contributed by atoms with Crippen molar-refractivity contribution in [1.82, 2.24) is 9.47 Å². The molecule has 0 radical (unpaired) electrons. The summed E-state index contributed by atoms with van der Waals surface area (Å²) in [6.07, 6.45) is 1.98. The zero-order valence-electron chi connectivity index (χ0n) is 18.8. The van der Waals surface area contributed by atoms with Crippen LogP contribution >= 0.6 is 0 Å². The van der Waals surface area contributed by atoms with Gasteiger partial charge >= 0.3 is 0 Å². The fraction of sp³-hybridized carbons (Fsp3) is 0.148. The van der Waals surface area contributed by atoms with Crippen LogP contribution in [-0.4, -0.2) is 27.4 Å². The molecule has 0 unspecified atom stereocenters. The monoisotopic (exact) mass is 455 g/mol. The number of hydrogen-bond acceptors (Lipinski definition) is 4. The number of aromatic nitrogens is 1. The highest BCUT2D eigenvalue weighted by atomic mass is 16.6. The molecule has 7 nitrogen and oxygen atoms in total. The maximum absolute atomic E-state index is 13.5. The molecule has 0 aliphatic rings. The minimum absolute atomic E-state index is 0.105. The van der Waals surface area contributed by atoms with Crippen molar-refractivity contribution in [3.63, 3.8) is 0 Å². The first-order chi connectivity index (χ1) is 16.5. The van der Waals surface area contributed by atoms with Crippen molar-refractivity contribution >= 4 is 11.6 Å². The standard InChI is InChI=1S/C27H25N3O4/c1-34-26-14-5-10-22(16-26)19-28-15-7-13-25(28)20-29(18-21-8-3-2-4-9-21)27(31)23-11-6-12-24(17-23)30(32)33/h2-17H,18-20H2,1H3. The van der Waals surface area contributed by atoms with E-state index in [1.54, 1.807) is 18.1 Å². The maximum atomic E-state index is 13.5. The van der Waals surface area contributed by atoms with E-state index in [1.807, 2.05) is 72.9 Å². The topological polar surface area (TPSA) is 77.6 Å². The van der Waals surface area contributed by atoms with E-state index in [0.29, 0.717) is 19.6 Å². The average Bonchev–Trinajstić information content (AvgIpc) is 3.30. The van der Waals surface area contributed by atoms with E-state index in [4.69, 9.17) is 4.74 Å². The first kappa shape index (κ1) is 22.8. The van der Waals surface area contributed by atoms with Gasteiger partial charge in [-0.05, 0) is 41.5 Å². The zero-order chi connectivity index (χ0) is 23.9. The SMILES string of the molecule is COc1cccc(Cn2cccc2CN(Cc2ccccc2)C(=O)c2cccc([N+](=O)[O-])c2)c1. The third kappa shape index (κ3) is 5.50. The summed E-state index contributed by atoms with van der Waals surface area (Å²) in [4.78, 5) is 25.9. The van der Waals surface area contributed by atoms with Crippen LogP contribution in [0.2, 0.25) is 0 Å². The molecule has 1 aromatic heterocycles. The molecule has 0 saturated carbocycles. The molecule has 4 rings (SSSR count). The number of nitrogens with zero attached hydrogens (tertiary/aromatic N) is 3. The van der Waals surface area contributed by atoms with Crippen LogP contribution in [0.15, 0.2) is 97.2 Å². The van der Waals surface area contributed by atoms with Gasteiger partial charge in [-0.2, -0.15) is 0 Å². The van der Waals surface area contributed by atoms with E-state index >= 15 is 0 Å². The Labute approximate surface area is 198 Å². The number of carbonyl (C=O) groups excluding carboxylic acids is 1. The number of benzene rings is 3. The van der Waals surface area contributed by atoms with Gasteiger partial charge in [0.15, 0.2) is 0 Å². The summed E-state index contributed by atoms with van der Waals surface area (Å²) in [5.41, 5.74) is 3.20. The van der Waals surface area contributed by atoms with Gasteiger partial charge in [-0.25, -0.2) is 0 Å². The molecule has 0 aliphatic carbocycles. The van der Waals surface area contributed by atoms with Crippen LogP contribution < -0.4 is 4.74 Å². The number of ether oxygens (including phenoxy) is 1. The van der Waals surface area contributed by atoms with Crippen molar-refractivity contribution < 1.29 is 14.5 Å². The van der Waals surface area contributed by atoms with Crippen LogP contribution in [0.3, 0.4) is 0 Å². The highest BCUT2D eigenvalue weighted by Gasteiger charge is 2.20. The summed E-state index contributed by atoms with van der Waals surface area (Å²) in [5, 5.41) is 11.2. The second kappa shape index (κ2) is 10.5. The number of nitro benzene ring substituents is 1. The number of methoxy groups -OCH3 is 1. The highest BCUT2D eigenvalue weighted by molar-refractivity contribution is 5.94. The fourth-order valence-electron chi connectivity index (χ4n) is 3.85. The quantitative estimate of drug-likeness (QED) is 0.254. The van der Waals surface area contributed by atoms with Crippen LogP contribution in [-0.2, 0) is 19.6 Å². The first-order valence-electron chi connectivity index (χ1n) is 10.9. The van der Waals surface area contributed by atoms with Gasteiger partial charge in [-0.1, -0.05) is 48.5 Å². The molecule has 4 aromatic rings. The Balaban J connectivity index is 1.62. The zero-order valence-corrected chi connectivity index (χ0v) is 18.8. The molecule has 0 aliphatic heterocycles. The molecular formula is C27H25N3O4. The van der Waals surface area contributed by atoms with E-state index in [0.717, 1.165) is 22.6 Å². The van der Waals surface area contributed by atoms with E-state index in [1.165, 1.54) is 18.2 Å². The van der Waals surface area contributed by atoms with Crippen LogP contribution in [0, 0.1) is 10.1 Å². The smallest absolute Gasteiger partial charge is 0.270 e. The molecule has 172 valence electrons. The molecule has 0 fully saturated rings. The molecule has 0 spiro atoms.